The van der Waals surface area contributed by atoms with E-state index in [1.165, 1.54) is 4.90 Å². The van der Waals surface area contributed by atoms with Crippen LogP contribution in [-0.4, -0.2) is 41.7 Å². The van der Waals surface area contributed by atoms with Crippen LogP contribution in [0.4, 0.5) is 0 Å². The van der Waals surface area contributed by atoms with Crippen molar-refractivity contribution in [1.82, 2.24) is 4.90 Å². The molecule has 1 aromatic rings. The molecule has 0 aromatic heterocycles. The molecule has 1 aliphatic rings. The van der Waals surface area contributed by atoms with Crippen molar-refractivity contribution in [1.29, 1.82) is 0 Å². The highest BCUT2D eigenvalue weighted by Gasteiger charge is 2.34. The van der Waals surface area contributed by atoms with Crippen LogP contribution < -0.4 is 0 Å². The van der Waals surface area contributed by atoms with Crippen molar-refractivity contribution in [2.75, 3.05) is 25.0 Å². The smallest absolute Gasteiger partial charge is 0.261 e. The molecule has 4 heteroatoms. The lowest BCUT2D eigenvalue weighted by Gasteiger charge is -2.18. The summed E-state index contributed by atoms with van der Waals surface area (Å²) in [7, 11) is -0.0326. The molecule has 0 bridgehead atoms. The minimum atomic E-state index is -0.127. The third-order valence-corrected chi connectivity index (χ3v) is 6.03. The first-order valence-corrected chi connectivity index (χ1v) is 8.26. The second-order valence-electron chi connectivity index (χ2n) is 4.33. The summed E-state index contributed by atoms with van der Waals surface area (Å²) in [5.41, 5.74) is 1.11. The van der Waals surface area contributed by atoms with E-state index < -0.39 is 0 Å². The summed E-state index contributed by atoms with van der Waals surface area (Å²) >= 11 is 0. The zero-order valence-corrected chi connectivity index (χ0v) is 11.7. The van der Waals surface area contributed by atoms with E-state index >= 15 is 0 Å². The topological polar surface area (TPSA) is 37.4 Å². The fourth-order valence-electron chi connectivity index (χ4n) is 2.22. The van der Waals surface area contributed by atoms with Gasteiger partial charge < -0.3 is 0 Å². The molecule has 0 aliphatic carbocycles. The molecule has 0 spiro atoms. The molecule has 0 unspecified atom stereocenters. The van der Waals surface area contributed by atoms with Crippen molar-refractivity contribution in [2.24, 2.45) is 0 Å². The average molecular weight is 263 g/mol. The Bertz CT molecular complexity index is 434. The third kappa shape index (κ3) is 2.32. The number of benzene rings is 1. The van der Waals surface area contributed by atoms with Gasteiger partial charge in [-0.05, 0) is 30.6 Å². The van der Waals surface area contributed by atoms with Gasteiger partial charge in [0.1, 0.15) is 0 Å². The Morgan fingerprint density at radius 2 is 1.50 bits per heavy atom. The highest BCUT2D eigenvalue weighted by Crippen LogP contribution is 2.34. The second kappa shape index (κ2) is 5.62. The van der Waals surface area contributed by atoms with Crippen molar-refractivity contribution < 1.29 is 9.59 Å². The molecule has 18 heavy (non-hydrogen) atoms. The molecule has 0 saturated carbocycles. The Morgan fingerprint density at radius 3 is 1.94 bits per heavy atom. The highest BCUT2D eigenvalue weighted by molar-refractivity contribution is 7.57. The SMILES string of the molecule is CCP(CC)CCN1C(=O)c2ccccc2C1=O. The monoisotopic (exact) mass is 263 g/mol. The van der Waals surface area contributed by atoms with E-state index in [-0.39, 0.29) is 19.7 Å². The molecule has 0 fully saturated rings. The van der Waals surface area contributed by atoms with Crippen molar-refractivity contribution in [2.45, 2.75) is 13.8 Å². The molecule has 0 atom stereocenters. The molecule has 1 aromatic carbocycles. The number of nitrogens with zero attached hydrogens (tertiary/aromatic N) is 1. The fourth-order valence-corrected chi connectivity index (χ4v) is 3.79. The summed E-state index contributed by atoms with van der Waals surface area (Å²) in [6.45, 7) is 4.93. The van der Waals surface area contributed by atoms with Crippen LogP contribution in [0.5, 0.6) is 0 Å². The van der Waals surface area contributed by atoms with Crippen LogP contribution in [0.15, 0.2) is 24.3 Å². The number of carbonyl (C=O) groups excluding carboxylic acids is 2. The lowest BCUT2D eigenvalue weighted by molar-refractivity contribution is 0.0664. The standard InChI is InChI=1S/C14H18NO2P/c1-3-18(4-2)10-9-15-13(16)11-7-5-6-8-12(11)14(15)17/h5-8H,3-4,9-10H2,1-2H3. The number of hydrogen-bond acceptors (Lipinski definition) is 2. The van der Waals surface area contributed by atoms with Crippen LogP contribution in [0, 0.1) is 0 Å². The third-order valence-electron chi connectivity index (χ3n) is 3.41. The van der Waals surface area contributed by atoms with Crippen molar-refractivity contribution in [3.63, 3.8) is 0 Å². The number of amides is 2. The Balaban J connectivity index is 2.09. The maximum atomic E-state index is 12.1. The van der Waals surface area contributed by atoms with Crippen LogP contribution in [0.3, 0.4) is 0 Å². The van der Waals surface area contributed by atoms with Gasteiger partial charge in [0, 0.05) is 6.54 Å². The number of fused-ring (bicyclic) bond motifs is 1. The zero-order chi connectivity index (χ0) is 13.1. The molecule has 0 radical (unpaired) electrons. The lowest BCUT2D eigenvalue weighted by atomic mass is 10.1. The van der Waals surface area contributed by atoms with Gasteiger partial charge in [0.2, 0.25) is 0 Å². The molecule has 1 aliphatic heterocycles. The molecular weight excluding hydrogens is 245 g/mol. The number of hydrogen-bond donors (Lipinski definition) is 0. The molecule has 3 nitrogen and oxygen atoms in total. The molecule has 0 saturated heterocycles. The molecule has 2 amide bonds. The van der Waals surface area contributed by atoms with Crippen molar-refractivity contribution in [3.05, 3.63) is 35.4 Å². The van der Waals surface area contributed by atoms with Gasteiger partial charge in [0.25, 0.3) is 11.8 Å². The summed E-state index contributed by atoms with van der Waals surface area (Å²) < 4.78 is 0. The van der Waals surface area contributed by atoms with Gasteiger partial charge in [0.15, 0.2) is 0 Å². The van der Waals surface area contributed by atoms with Gasteiger partial charge in [-0.1, -0.05) is 26.0 Å². The maximum absolute atomic E-state index is 12.1. The van der Waals surface area contributed by atoms with E-state index in [0.717, 1.165) is 18.5 Å². The van der Waals surface area contributed by atoms with Gasteiger partial charge in [0.05, 0.1) is 11.1 Å². The van der Waals surface area contributed by atoms with E-state index in [1.807, 2.05) is 0 Å². The normalized spacial score (nSPS) is 14.5. The van der Waals surface area contributed by atoms with E-state index in [9.17, 15) is 9.59 Å². The van der Waals surface area contributed by atoms with Crippen LogP contribution in [0.1, 0.15) is 34.6 Å². The zero-order valence-electron chi connectivity index (χ0n) is 10.8. The Kier molecular flexibility index (Phi) is 4.13. The van der Waals surface area contributed by atoms with E-state index in [2.05, 4.69) is 13.8 Å². The van der Waals surface area contributed by atoms with Crippen molar-refractivity contribution >= 4 is 19.7 Å². The van der Waals surface area contributed by atoms with E-state index in [1.54, 1.807) is 24.3 Å². The summed E-state index contributed by atoms with van der Waals surface area (Å²) in [6.07, 6.45) is 3.29. The van der Waals surface area contributed by atoms with Gasteiger partial charge in [-0.25, -0.2) is 0 Å². The van der Waals surface area contributed by atoms with Gasteiger partial charge >= 0.3 is 0 Å². The minimum Gasteiger partial charge on any atom is -0.274 e. The number of rotatable bonds is 5. The van der Waals surface area contributed by atoms with Gasteiger partial charge in [-0.2, -0.15) is 0 Å². The molecule has 2 rings (SSSR count). The Morgan fingerprint density at radius 1 is 1.00 bits per heavy atom. The number of carbonyl (C=O) groups is 2. The summed E-state index contributed by atoms with van der Waals surface area (Å²) in [5.74, 6) is -0.254. The number of imide groups is 1. The first kappa shape index (κ1) is 13.2. The molecule has 1 heterocycles. The Hall–Kier alpha value is -1.21. The highest BCUT2D eigenvalue weighted by atomic mass is 31.1. The first-order valence-electron chi connectivity index (χ1n) is 6.36. The van der Waals surface area contributed by atoms with E-state index in [4.69, 9.17) is 0 Å². The predicted octanol–water partition coefficient (Wildman–Crippen LogP) is 2.80. The summed E-state index contributed by atoms with van der Waals surface area (Å²) in [5, 5.41) is 0. The second-order valence-corrected chi connectivity index (χ2v) is 7.39. The lowest BCUT2D eigenvalue weighted by Crippen LogP contribution is -2.32. The summed E-state index contributed by atoms with van der Waals surface area (Å²) in [4.78, 5) is 25.6. The van der Waals surface area contributed by atoms with Crippen LogP contribution in [0.2, 0.25) is 0 Å². The molecule has 0 N–H and O–H groups in total. The maximum Gasteiger partial charge on any atom is 0.261 e. The molecular formula is C14H18NO2P. The largest absolute Gasteiger partial charge is 0.274 e. The quantitative estimate of drug-likeness (QED) is 0.605. The fraction of sp³-hybridized carbons (Fsp3) is 0.429. The van der Waals surface area contributed by atoms with Gasteiger partial charge in [-0.15, -0.1) is 7.92 Å². The van der Waals surface area contributed by atoms with Gasteiger partial charge in [-0.3, -0.25) is 14.5 Å². The first-order chi connectivity index (χ1) is 8.69. The van der Waals surface area contributed by atoms with Crippen LogP contribution in [0.25, 0.3) is 0 Å². The van der Waals surface area contributed by atoms with E-state index in [0.29, 0.717) is 17.7 Å². The van der Waals surface area contributed by atoms with Crippen LogP contribution in [-0.2, 0) is 0 Å². The summed E-state index contributed by atoms with van der Waals surface area (Å²) in [6, 6.07) is 7.08. The van der Waals surface area contributed by atoms with Crippen molar-refractivity contribution in [3.8, 4) is 0 Å². The molecule has 96 valence electrons. The predicted molar refractivity (Wildman–Crippen MR) is 74.7 cm³/mol. The van der Waals surface area contributed by atoms with Crippen LogP contribution >= 0.6 is 7.92 Å². The minimum absolute atomic E-state index is 0.0326. The average Bonchev–Trinajstić information content (AvgIpc) is 2.65. The Labute approximate surface area is 109 Å².